The lowest BCUT2D eigenvalue weighted by molar-refractivity contribution is -0.137. The normalized spacial score (nSPS) is 14.6. The van der Waals surface area contributed by atoms with Crippen LogP contribution in [0.1, 0.15) is 0 Å². The Morgan fingerprint density at radius 3 is 2.70 bits per heavy atom. The highest BCUT2D eigenvalue weighted by molar-refractivity contribution is 5.97. The number of hydrogen-bond donors (Lipinski definition) is 0. The van der Waals surface area contributed by atoms with Crippen LogP contribution in [0.15, 0.2) is 49.1 Å². The van der Waals surface area contributed by atoms with Gasteiger partial charge in [-0.1, -0.05) is 30.3 Å². The molecule has 1 fully saturated rings. The molecular formula is C18H19N7O2. The van der Waals surface area contributed by atoms with Gasteiger partial charge in [0.05, 0.1) is 11.9 Å². The van der Waals surface area contributed by atoms with Crippen LogP contribution in [0.3, 0.4) is 0 Å². The minimum Gasteiger partial charge on any atom is -0.330 e. The number of nitrogens with zero attached hydrogens (tertiary/aromatic N) is 7. The molecule has 4 rings (SSSR count). The molecule has 0 saturated carbocycles. The van der Waals surface area contributed by atoms with E-state index in [0.29, 0.717) is 18.9 Å². The van der Waals surface area contributed by atoms with Crippen molar-refractivity contribution in [1.29, 1.82) is 0 Å². The molecule has 1 aliphatic rings. The summed E-state index contributed by atoms with van der Waals surface area (Å²) in [6.07, 6.45) is 4.97. The quantitative estimate of drug-likeness (QED) is 0.674. The van der Waals surface area contributed by atoms with Crippen LogP contribution in [-0.4, -0.2) is 60.9 Å². The fourth-order valence-corrected chi connectivity index (χ4v) is 3.04. The Labute approximate surface area is 155 Å². The highest BCUT2D eigenvalue weighted by Crippen LogP contribution is 2.16. The van der Waals surface area contributed by atoms with E-state index in [2.05, 4.69) is 15.2 Å². The van der Waals surface area contributed by atoms with Crippen LogP contribution in [0.4, 0.5) is 5.69 Å². The molecule has 3 aromatic rings. The molecular weight excluding hydrogens is 346 g/mol. The lowest BCUT2D eigenvalue weighted by atomic mass is 10.2. The summed E-state index contributed by atoms with van der Waals surface area (Å²) < 4.78 is 3.15. The van der Waals surface area contributed by atoms with Gasteiger partial charge in [0.1, 0.15) is 19.4 Å². The summed E-state index contributed by atoms with van der Waals surface area (Å²) in [5.74, 6) is 0.297. The zero-order valence-corrected chi connectivity index (χ0v) is 14.9. The summed E-state index contributed by atoms with van der Waals surface area (Å²) in [6.45, 7) is 1.02. The molecule has 0 atom stereocenters. The van der Waals surface area contributed by atoms with Crippen LogP contribution in [0.25, 0.3) is 11.4 Å². The third-order valence-corrected chi connectivity index (χ3v) is 4.44. The first kappa shape index (κ1) is 17.0. The highest BCUT2D eigenvalue weighted by Gasteiger charge is 2.28. The average Bonchev–Trinajstić information content (AvgIpc) is 3.31. The van der Waals surface area contributed by atoms with Gasteiger partial charge in [-0.2, -0.15) is 10.2 Å². The summed E-state index contributed by atoms with van der Waals surface area (Å²) in [4.78, 5) is 32.4. The zero-order valence-electron chi connectivity index (χ0n) is 14.9. The van der Waals surface area contributed by atoms with Gasteiger partial charge < -0.3 is 9.80 Å². The molecule has 3 heterocycles. The van der Waals surface area contributed by atoms with Crippen LogP contribution in [0.2, 0.25) is 0 Å². The highest BCUT2D eigenvalue weighted by atomic mass is 16.2. The first-order valence-corrected chi connectivity index (χ1v) is 8.62. The van der Waals surface area contributed by atoms with Crippen molar-refractivity contribution in [2.45, 2.75) is 6.54 Å². The third-order valence-electron chi connectivity index (χ3n) is 4.44. The van der Waals surface area contributed by atoms with Crippen molar-refractivity contribution < 1.29 is 9.59 Å². The fraction of sp³-hybridized carbons (Fsp3) is 0.278. The van der Waals surface area contributed by atoms with Gasteiger partial charge in [-0.25, -0.2) is 9.67 Å². The van der Waals surface area contributed by atoms with E-state index in [1.165, 1.54) is 11.0 Å². The molecule has 1 saturated heterocycles. The largest absolute Gasteiger partial charge is 0.330 e. The van der Waals surface area contributed by atoms with Gasteiger partial charge in [-0.05, 0) is 0 Å². The molecule has 0 unspecified atom stereocenters. The van der Waals surface area contributed by atoms with Crippen LogP contribution >= 0.6 is 0 Å². The molecule has 9 heteroatoms. The van der Waals surface area contributed by atoms with Crippen LogP contribution < -0.4 is 4.90 Å². The molecule has 0 aliphatic carbocycles. The van der Waals surface area contributed by atoms with Gasteiger partial charge in [0.15, 0.2) is 5.82 Å². The molecule has 138 valence electrons. The maximum absolute atomic E-state index is 12.6. The number of hydrogen-bond acceptors (Lipinski definition) is 5. The second-order valence-corrected chi connectivity index (χ2v) is 6.36. The standard InChI is InChI=1S/C18H19N7O2/c1-22-10-15(9-20-22)25-8-7-23(11-17(25)27)16(26)12-24-13-19-18(21-24)14-5-3-2-4-6-14/h2-6,9-10,13H,7-8,11-12H2,1H3. The number of aromatic nitrogens is 5. The van der Waals surface area contributed by atoms with Gasteiger partial charge in [-0.15, -0.1) is 0 Å². The van der Waals surface area contributed by atoms with Gasteiger partial charge in [-0.3, -0.25) is 14.3 Å². The van der Waals surface area contributed by atoms with Crippen LogP contribution in [-0.2, 0) is 23.2 Å². The van der Waals surface area contributed by atoms with E-state index in [4.69, 9.17) is 0 Å². The predicted molar refractivity (Wildman–Crippen MR) is 97.6 cm³/mol. The molecule has 0 radical (unpaired) electrons. The summed E-state index contributed by atoms with van der Waals surface area (Å²) in [7, 11) is 1.80. The topological polar surface area (TPSA) is 89.1 Å². The smallest absolute Gasteiger partial charge is 0.246 e. The number of piperazine rings is 1. The van der Waals surface area contributed by atoms with Crippen molar-refractivity contribution in [1.82, 2.24) is 29.4 Å². The molecule has 0 bridgehead atoms. The number of carbonyl (C=O) groups is 2. The maximum atomic E-state index is 12.6. The summed E-state index contributed by atoms with van der Waals surface area (Å²) in [5, 5.41) is 8.44. The monoisotopic (exact) mass is 365 g/mol. The fourth-order valence-electron chi connectivity index (χ4n) is 3.04. The molecule has 1 aromatic carbocycles. The van der Waals surface area contributed by atoms with Crippen LogP contribution in [0.5, 0.6) is 0 Å². The first-order chi connectivity index (χ1) is 13.1. The van der Waals surface area contributed by atoms with Crippen molar-refractivity contribution in [3.05, 3.63) is 49.1 Å². The molecule has 0 spiro atoms. The summed E-state index contributed by atoms with van der Waals surface area (Å²) in [5.41, 5.74) is 1.64. The van der Waals surface area contributed by atoms with E-state index >= 15 is 0 Å². The van der Waals surface area contributed by atoms with Crippen molar-refractivity contribution in [3.8, 4) is 11.4 Å². The minimum absolute atomic E-state index is 0.0496. The zero-order chi connectivity index (χ0) is 18.8. The average molecular weight is 365 g/mol. The Kier molecular flexibility index (Phi) is 4.41. The Bertz CT molecular complexity index is 963. The Balaban J connectivity index is 1.38. The first-order valence-electron chi connectivity index (χ1n) is 8.62. The second kappa shape index (κ2) is 7.02. The summed E-state index contributed by atoms with van der Waals surface area (Å²) in [6, 6.07) is 9.57. The molecule has 27 heavy (non-hydrogen) atoms. The Morgan fingerprint density at radius 2 is 2.00 bits per heavy atom. The Morgan fingerprint density at radius 1 is 1.19 bits per heavy atom. The van der Waals surface area contributed by atoms with Crippen molar-refractivity contribution in [3.63, 3.8) is 0 Å². The van der Waals surface area contributed by atoms with Gasteiger partial charge in [0, 0.05) is 31.9 Å². The Hall–Kier alpha value is -3.49. The second-order valence-electron chi connectivity index (χ2n) is 6.36. The third kappa shape index (κ3) is 3.57. The molecule has 1 aliphatic heterocycles. The van der Waals surface area contributed by atoms with Crippen molar-refractivity contribution in [2.75, 3.05) is 24.5 Å². The number of amides is 2. The number of anilines is 1. The van der Waals surface area contributed by atoms with E-state index in [0.717, 1.165) is 11.3 Å². The summed E-state index contributed by atoms with van der Waals surface area (Å²) >= 11 is 0. The SMILES string of the molecule is Cn1cc(N2CCN(C(=O)Cn3cnc(-c4ccccc4)n3)CC2=O)cn1. The van der Waals surface area contributed by atoms with Gasteiger partial charge in [0.25, 0.3) is 0 Å². The number of benzene rings is 1. The predicted octanol–water partition coefficient (Wildman–Crippen LogP) is 0.554. The molecule has 9 nitrogen and oxygen atoms in total. The van der Waals surface area contributed by atoms with Crippen LogP contribution in [0, 0.1) is 0 Å². The number of carbonyl (C=O) groups excluding carboxylic acids is 2. The minimum atomic E-state index is -0.154. The van der Waals surface area contributed by atoms with Gasteiger partial charge >= 0.3 is 0 Å². The molecule has 2 amide bonds. The van der Waals surface area contributed by atoms with Crippen molar-refractivity contribution >= 4 is 17.5 Å². The molecule has 2 aromatic heterocycles. The van der Waals surface area contributed by atoms with Crippen molar-refractivity contribution in [2.24, 2.45) is 7.05 Å². The number of rotatable bonds is 4. The van der Waals surface area contributed by atoms with E-state index < -0.39 is 0 Å². The van der Waals surface area contributed by atoms with E-state index in [1.54, 1.807) is 33.9 Å². The maximum Gasteiger partial charge on any atom is 0.246 e. The van der Waals surface area contributed by atoms with E-state index in [1.807, 2.05) is 30.3 Å². The lowest BCUT2D eigenvalue weighted by Crippen LogP contribution is -2.53. The molecule has 0 N–H and O–H groups in total. The van der Waals surface area contributed by atoms with E-state index in [-0.39, 0.29) is 24.9 Å². The lowest BCUT2D eigenvalue weighted by Gasteiger charge is -2.33. The van der Waals surface area contributed by atoms with E-state index in [9.17, 15) is 9.59 Å². The van der Waals surface area contributed by atoms with Gasteiger partial charge in [0.2, 0.25) is 11.8 Å². The number of aryl methyl sites for hydroxylation is 1.